The van der Waals surface area contributed by atoms with Crippen LogP contribution in [0.15, 0.2) is 17.5 Å². The second kappa shape index (κ2) is 5.26. The summed E-state index contributed by atoms with van der Waals surface area (Å²) in [6.07, 6.45) is 1.00. The smallest absolute Gasteiger partial charge is 0.229 e. The maximum atomic E-state index is 12.0. The molecular formula is C17H20N2OS. The lowest BCUT2D eigenvalue weighted by Crippen LogP contribution is -2.14. The van der Waals surface area contributed by atoms with Gasteiger partial charge in [0.05, 0.1) is 5.69 Å². The van der Waals surface area contributed by atoms with E-state index in [1.165, 1.54) is 33.6 Å². The first-order chi connectivity index (χ1) is 9.95. The molecule has 0 bridgehead atoms. The number of nitrogens with one attached hydrogen (secondary N) is 1. The number of aromatic nitrogens is 1. The van der Waals surface area contributed by atoms with E-state index in [1.54, 1.807) is 0 Å². The van der Waals surface area contributed by atoms with Gasteiger partial charge in [0.2, 0.25) is 5.91 Å². The molecule has 1 aromatic carbocycles. The molecule has 1 amide bonds. The third kappa shape index (κ3) is 2.86. The minimum atomic E-state index is 0.112. The van der Waals surface area contributed by atoms with E-state index in [9.17, 15) is 4.79 Å². The Morgan fingerprint density at radius 3 is 2.48 bits per heavy atom. The highest BCUT2D eigenvalue weighted by molar-refractivity contribution is 7.14. The van der Waals surface area contributed by atoms with Gasteiger partial charge >= 0.3 is 0 Å². The maximum Gasteiger partial charge on any atom is 0.229 e. The summed E-state index contributed by atoms with van der Waals surface area (Å²) in [4.78, 5) is 16.6. The van der Waals surface area contributed by atoms with E-state index < -0.39 is 0 Å². The van der Waals surface area contributed by atoms with Gasteiger partial charge in [-0.25, -0.2) is 4.98 Å². The lowest BCUT2D eigenvalue weighted by Gasteiger charge is -2.08. The number of nitrogens with zero attached hydrogens (tertiary/aromatic N) is 1. The molecular weight excluding hydrogens is 280 g/mol. The third-order valence-corrected chi connectivity index (χ3v) is 4.87. The number of amides is 1. The minimum absolute atomic E-state index is 0.112. The monoisotopic (exact) mass is 300 g/mol. The molecule has 4 heteroatoms. The van der Waals surface area contributed by atoms with E-state index >= 15 is 0 Å². The standard InChI is InChI=1S/C17H20N2OS/c1-9-5-11(3)15(12(4)6-9)14-8-21-17(18-14)19-16(20)13-7-10(13)2/h5-6,8,10,13H,7H2,1-4H3,(H,18,19,20)/t10-,13-/m0/s1. The molecule has 2 aromatic rings. The van der Waals surface area contributed by atoms with E-state index in [2.05, 4.69) is 50.1 Å². The summed E-state index contributed by atoms with van der Waals surface area (Å²) in [6, 6.07) is 4.34. The van der Waals surface area contributed by atoms with Crippen molar-refractivity contribution in [1.29, 1.82) is 0 Å². The number of rotatable bonds is 3. The number of carbonyl (C=O) groups is 1. The van der Waals surface area contributed by atoms with Gasteiger partial charge in [-0.1, -0.05) is 24.6 Å². The molecule has 2 atom stereocenters. The first-order valence-corrected chi connectivity index (χ1v) is 8.18. The highest BCUT2D eigenvalue weighted by Crippen LogP contribution is 2.39. The summed E-state index contributed by atoms with van der Waals surface area (Å²) in [6.45, 7) is 8.43. The Morgan fingerprint density at radius 2 is 1.90 bits per heavy atom. The second-order valence-electron chi connectivity index (χ2n) is 6.12. The fourth-order valence-electron chi connectivity index (χ4n) is 2.92. The van der Waals surface area contributed by atoms with E-state index in [1.807, 2.05) is 5.38 Å². The highest BCUT2D eigenvalue weighted by Gasteiger charge is 2.39. The van der Waals surface area contributed by atoms with Crippen molar-refractivity contribution >= 4 is 22.4 Å². The lowest BCUT2D eigenvalue weighted by molar-refractivity contribution is -0.117. The van der Waals surface area contributed by atoms with Crippen molar-refractivity contribution in [1.82, 2.24) is 4.98 Å². The summed E-state index contributed by atoms with van der Waals surface area (Å²) in [5.41, 5.74) is 5.85. The molecule has 1 aromatic heterocycles. The van der Waals surface area contributed by atoms with Crippen LogP contribution >= 0.6 is 11.3 Å². The fraction of sp³-hybridized carbons (Fsp3) is 0.412. The van der Waals surface area contributed by atoms with E-state index in [0.29, 0.717) is 11.0 Å². The van der Waals surface area contributed by atoms with Crippen molar-refractivity contribution in [3.63, 3.8) is 0 Å². The van der Waals surface area contributed by atoms with Gasteiger partial charge in [0.25, 0.3) is 0 Å². The summed E-state index contributed by atoms with van der Waals surface area (Å²) in [7, 11) is 0. The highest BCUT2D eigenvalue weighted by atomic mass is 32.1. The molecule has 0 unspecified atom stereocenters. The Hall–Kier alpha value is -1.68. The molecule has 0 saturated heterocycles. The average Bonchev–Trinajstić information content (AvgIpc) is 2.94. The molecule has 1 saturated carbocycles. The van der Waals surface area contributed by atoms with Crippen molar-refractivity contribution < 1.29 is 4.79 Å². The van der Waals surface area contributed by atoms with Crippen molar-refractivity contribution in [3.8, 4) is 11.3 Å². The molecule has 1 aliphatic rings. The van der Waals surface area contributed by atoms with Gasteiger partial charge in [-0.2, -0.15) is 0 Å². The molecule has 3 rings (SSSR count). The van der Waals surface area contributed by atoms with Gasteiger partial charge in [-0.05, 0) is 44.2 Å². The number of anilines is 1. The van der Waals surface area contributed by atoms with Crippen LogP contribution in [-0.2, 0) is 4.79 Å². The third-order valence-electron chi connectivity index (χ3n) is 4.11. The number of aryl methyl sites for hydroxylation is 3. The van der Waals surface area contributed by atoms with Crippen molar-refractivity contribution in [2.75, 3.05) is 5.32 Å². The zero-order chi connectivity index (χ0) is 15.1. The van der Waals surface area contributed by atoms with Crippen molar-refractivity contribution in [2.24, 2.45) is 11.8 Å². The van der Waals surface area contributed by atoms with E-state index in [0.717, 1.165) is 12.1 Å². The van der Waals surface area contributed by atoms with Crippen LogP contribution in [-0.4, -0.2) is 10.9 Å². The Balaban J connectivity index is 1.83. The van der Waals surface area contributed by atoms with Crippen LogP contribution in [0.1, 0.15) is 30.0 Å². The number of carbonyl (C=O) groups excluding carboxylic acids is 1. The number of thiazole rings is 1. The zero-order valence-corrected chi connectivity index (χ0v) is 13.7. The molecule has 1 fully saturated rings. The molecule has 0 aliphatic heterocycles. The maximum absolute atomic E-state index is 12.0. The predicted octanol–water partition coefficient (Wildman–Crippen LogP) is 4.33. The van der Waals surface area contributed by atoms with Crippen LogP contribution in [0.5, 0.6) is 0 Å². The predicted molar refractivity (Wildman–Crippen MR) is 87.7 cm³/mol. The molecule has 1 heterocycles. The number of hydrogen-bond acceptors (Lipinski definition) is 3. The normalized spacial score (nSPS) is 20.4. The van der Waals surface area contributed by atoms with Crippen LogP contribution in [0, 0.1) is 32.6 Å². The molecule has 110 valence electrons. The van der Waals surface area contributed by atoms with Gasteiger partial charge in [0.1, 0.15) is 0 Å². The van der Waals surface area contributed by atoms with E-state index in [4.69, 9.17) is 0 Å². The number of hydrogen-bond donors (Lipinski definition) is 1. The zero-order valence-electron chi connectivity index (χ0n) is 12.9. The first-order valence-electron chi connectivity index (χ1n) is 7.30. The van der Waals surface area contributed by atoms with Crippen LogP contribution in [0.4, 0.5) is 5.13 Å². The minimum Gasteiger partial charge on any atom is -0.302 e. The van der Waals surface area contributed by atoms with Crippen LogP contribution in [0.2, 0.25) is 0 Å². The molecule has 3 nitrogen and oxygen atoms in total. The van der Waals surface area contributed by atoms with Crippen LogP contribution in [0.3, 0.4) is 0 Å². The lowest BCUT2D eigenvalue weighted by atomic mass is 9.98. The Labute approximate surface area is 129 Å². The molecule has 0 radical (unpaired) electrons. The largest absolute Gasteiger partial charge is 0.302 e. The Kier molecular flexibility index (Phi) is 3.57. The van der Waals surface area contributed by atoms with Crippen molar-refractivity contribution in [2.45, 2.75) is 34.1 Å². The molecule has 1 aliphatic carbocycles. The molecule has 0 spiro atoms. The van der Waals surface area contributed by atoms with Gasteiger partial charge in [-0.15, -0.1) is 11.3 Å². The van der Waals surface area contributed by atoms with Gasteiger partial charge in [-0.3, -0.25) is 4.79 Å². The number of benzene rings is 1. The summed E-state index contributed by atoms with van der Waals surface area (Å²) >= 11 is 1.50. The molecule has 21 heavy (non-hydrogen) atoms. The molecule has 1 N–H and O–H groups in total. The topological polar surface area (TPSA) is 42.0 Å². The van der Waals surface area contributed by atoms with Gasteiger partial charge in [0.15, 0.2) is 5.13 Å². The second-order valence-corrected chi connectivity index (χ2v) is 6.98. The van der Waals surface area contributed by atoms with Crippen LogP contribution in [0.25, 0.3) is 11.3 Å². The van der Waals surface area contributed by atoms with Crippen LogP contribution < -0.4 is 5.32 Å². The van der Waals surface area contributed by atoms with Gasteiger partial charge in [0, 0.05) is 16.9 Å². The Morgan fingerprint density at radius 1 is 1.29 bits per heavy atom. The average molecular weight is 300 g/mol. The first kappa shape index (κ1) is 14.3. The van der Waals surface area contributed by atoms with E-state index in [-0.39, 0.29) is 11.8 Å². The summed E-state index contributed by atoms with van der Waals surface area (Å²) in [5, 5.41) is 5.67. The summed E-state index contributed by atoms with van der Waals surface area (Å²) < 4.78 is 0. The summed E-state index contributed by atoms with van der Waals surface area (Å²) in [5.74, 6) is 0.812. The SMILES string of the molecule is Cc1cc(C)c(-c2csc(NC(=O)[C@H]3C[C@@H]3C)n2)c(C)c1. The fourth-order valence-corrected chi connectivity index (χ4v) is 3.62. The Bertz CT molecular complexity index is 682. The van der Waals surface area contributed by atoms with Gasteiger partial charge < -0.3 is 5.32 Å². The quantitative estimate of drug-likeness (QED) is 0.916. The van der Waals surface area contributed by atoms with Crippen molar-refractivity contribution in [3.05, 3.63) is 34.2 Å².